The smallest absolute Gasteiger partial charge is 0.308 e. The Labute approximate surface area is 114 Å². The van der Waals surface area contributed by atoms with Crippen molar-refractivity contribution >= 4 is 38.2 Å². The van der Waals surface area contributed by atoms with E-state index >= 15 is 0 Å². The third-order valence-electron chi connectivity index (χ3n) is 3.18. The van der Waals surface area contributed by atoms with Crippen LogP contribution in [0.4, 0.5) is 5.00 Å². The maximum atomic E-state index is 11.4. The maximum absolute atomic E-state index is 11.4. The minimum Gasteiger partial charge on any atom is -0.469 e. The van der Waals surface area contributed by atoms with Crippen molar-refractivity contribution in [2.45, 2.75) is 31.7 Å². The third-order valence-corrected chi connectivity index (χ3v) is 4.74. The number of anilines is 1. The summed E-state index contributed by atoms with van der Waals surface area (Å²) in [5, 5.41) is 4.71. The Hall–Kier alpha value is -0.550. The highest BCUT2D eigenvalue weighted by atomic mass is 79.9. The van der Waals surface area contributed by atoms with Gasteiger partial charge in [0.25, 0.3) is 0 Å². The Morgan fingerprint density at radius 3 is 2.65 bits per heavy atom. The van der Waals surface area contributed by atoms with Crippen LogP contribution in [0.1, 0.15) is 25.7 Å². The monoisotopic (exact) mass is 317 g/mol. The van der Waals surface area contributed by atoms with Gasteiger partial charge in [0, 0.05) is 6.04 Å². The van der Waals surface area contributed by atoms with Gasteiger partial charge in [0.2, 0.25) is 0 Å². The highest BCUT2D eigenvalue weighted by Gasteiger charge is 2.26. The average molecular weight is 318 g/mol. The first-order chi connectivity index (χ1) is 8.19. The second-order valence-electron chi connectivity index (χ2n) is 4.32. The lowest BCUT2D eigenvalue weighted by Crippen LogP contribution is -2.29. The zero-order valence-corrected chi connectivity index (χ0v) is 12.1. The van der Waals surface area contributed by atoms with Gasteiger partial charge in [-0.25, -0.2) is 0 Å². The molecule has 1 fully saturated rings. The minimum absolute atomic E-state index is 0.0534. The summed E-state index contributed by atoms with van der Waals surface area (Å²) in [4.78, 5) is 11.4. The van der Waals surface area contributed by atoms with Gasteiger partial charge in [-0.3, -0.25) is 4.79 Å². The van der Waals surface area contributed by atoms with E-state index in [0.29, 0.717) is 6.04 Å². The molecule has 0 amide bonds. The fourth-order valence-electron chi connectivity index (χ4n) is 2.23. The summed E-state index contributed by atoms with van der Waals surface area (Å²) < 4.78 is 5.92. The first-order valence-electron chi connectivity index (χ1n) is 5.78. The quantitative estimate of drug-likeness (QED) is 0.865. The minimum atomic E-state index is -0.0534. The van der Waals surface area contributed by atoms with Crippen LogP contribution in [0.5, 0.6) is 0 Å². The molecule has 0 bridgehead atoms. The van der Waals surface area contributed by atoms with Crippen molar-refractivity contribution in [1.29, 1.82) is 0 Å². The first-order valence-corrected chi connectivity index (χ1v) is 7.39. The molecule has 0 saturated heterocycles. The highest BCUT2D eigenvalue weighted by Crippen LogP contribution is 2.31. The zero-order valence-electron chi connectivity index (χ0n) is 9.74. The molecule has 0 unspecified atom stereocenters. The van der Waals surface area contributed by atoms with Crippen LogP contribution in [-0.2, 0) is 9.53 Å². The summed E-state index contributed by atoms with van der Waals surface area (Å²) in [6.45, 7) is 0. The molecule has 1 N–H and O–H groups in total. The van der Waals surface area contributed by atoms with Crippen molar-refractivity contribution < 1.29 is 9.53 Å². The summed E-state index contributed by atoms with van der Waals surface area (Å²) in [6.07, 6.45) is 3.93. The fourth-order valence-corrected chi connectivity index (χ4v) is 3.60. The van der Waals surface area contributed by atoms with Gasteiger partial charge < -0.3 is 10.1 Å². The van der Waals surface area contributed by atoms with Crippen LogP contribution in [0, 0.1) is 5.92 Å². The van der Waals surface area contributed by atoms with E-state index < -0.39 is 0 Å². The number of nitrogens with one attached hydrogen (secondary N) is 1. The van der Waals surface area contributed by atoms with Gasteiger partial charge in [-0.2, -0.15) is 0 Å². The van der Waals surface area contributed by atoms with Gasteiger partial charge in [0.05, 0.1) is 21.8 Å². The number of halogens is 1. The van der Waals surface area contributed by atoms with Crippen LogP contribution in [-0.4, -0.2) is 19.1 Å². The number of esters is 1. The molecule has 1 aliphatic rings. The largest absolute Gasteiger partial charge is 0.469 e. The lowest BCUT2D eigenvalue weighted by atomic mass is 9.86. The molecule has 17 heavy (non-hydrogen) atoms. The molecule has 0 atom stereocenters. The third kappa shape index (κ3) is 3.45. The van der Waals surface area contributed by atoms with E-state index in [0.717, 1.165) is 29.5 Å². The number of methoxy groups -OCH3 is 1. The normalized spacial score (nSPS) is 24.4. The topological polar surface area (TPSA) is 38.3 Å². The van der Waals surface area contributed by atoms with Crippen molar-refractivity contribution in [2.24, 2.45) is 5.92 Å². The summed E-state index contributed by atoms with van der Waals surface area (Å²) in [6, 6.07) is 4.62. The zero-order chi connectivity index (χ0) is 12.3. The number of thiophene rings is 1. The number of hydrogen-bond acceptors (Lipinski definition) is 4. The molecule has 1 aliphatic carbocycles. The van der Waals surface area contributed by atoms with Gasteiger partial charge in [-0.1, -0.05) is 0 Å². The molecule has 2 rings (SSSR count). The summed E-state index contributed by atoms with van der Waals surface area (Å²) in [5.74, 6) is 0.0513. The molecule has 1 aromatic heterocycles. The lowest BCUT2D eigenvalue weighted by Gasteiger charge is -2.27. The van der Waals surface area contributed by atoms with E-state index in [1.54, 1.807) is 11.3 Å². The van der Waals surface area contributed by atoms with Crippen molar-refractivity contribution in [3.63, 3.8) is 0 Å². The van der Waals surface area contributed by atoms with Gasteiger partial charge in [0.15, 0.2) is 0 Å². The number of hydrogen-bond donors (Lipinski definition) is 1. The summed E-state index contributed by atoms with van der Waals surface area (Å²) in [5.41, 5.74) is 0. The van der Waals surface area contributed by atoms with E-state index in [2.05, 4.69) is 27.3 Å². The molecular formula is C12H16BrNO2S. The van der Waals surface area contributed by atoms with Crippen LogP contribution in [0.2, 0.25) is 0 Å². The molecule has 5 heteroatoms. The second kappa shape index (κ2) is 5.87. The van der Waals surface area contributed by atoms with Crippen LogP contribution >= 0.6 is 27.3 Å². The maximum Gasteiger partial charge on any atom is 0.308 e. The molecule has 0 radical (unpaired) electrons. The SMILES string of the molecule is COC(=O)C1CCC(Nc2ccc(Br)s2)CC1. The van der Waals surface area contributed by atoms with Crippen LogP contribution in [0.25, 0.3) is 0 Å². The van der Waals surface area contributed by atoms with E-state index in [-0.39, 0.29) is 11.9 Å². The Morgan fingerprint density at radius 2 is 2.12 bits per heavy atom. The number of carbonyl (C=O) groups is 1. The number of rotatable bonds is 3. The molecule has 1 saturated carbocycles. The Morgan fingerprint density at radius 1 is 1.41 bits per heavy atom. The number of carbonyl (C=O) groups excluding carboxylic acids is 1. The van der Waals surface area contributed by atoms with Crippen molar-refractivity contribution in [1.82, 2.24) is 0 Å². The highest BCUT2D eigenvalue weighted by molar-refractivity contribution is 9.11. The molecule has 0 spiro atoms. The Bertz CT molecular complexity index is 386. The second-order valence-corrected chi connectivity index (χ2v) is 6.78. The number of ether oxygens (including phenoxy) is 1. The Balaban J connectivity index is 1.81. The van der Waals surface area contributed by atoms with E-state index in [4.69, 9.17) is 4.74 Å². The predicted molar refractivity (Wildman–Crippen MR) is 73.4 cm³/mol. The lowest BCUT2D eigenvalue weighted by molar-refractivity contribution is -0.146. The van der Waals surface area contributed by atoms with Gasteiger partial charge >= 0.3 is 5.97 Å². The van der Waals surface area contributed by atoms with Crippen molar-refractivity contribution in [2.75, 3.05) is 12.4 Å². The Kier molecular flexibility index (Phi) is 4.45. The van der Waals surface area contributed by atoms with E-state index in [1.807, 2.05) is 6.07 Å². The van der Waals surface area contributed by atoms with Crippen LogP contribution in [0.15, 0.2) is 15.9 Å². The molecular weight excluding hydrogens is 302 g/mol. The molecule has 1 aromatic rings. The van der Waals surface area contributed by atoms with E-state index in [9.17, 15) is 4.79 Å². The molecule has 0 aliphatic heterocycles. The standard InChI is InChI=1S/C12H16BrNO2S/c1-16-12(15)8-2-4-9(5-3-8)14-11-7-6-10(13)17-11/h6-9,14H,2-5H2,1H3. The fraction of sp³-hybridized carbons (Fsp3) is 0.583. The van der Waals surface area contributed by atoms with E-state index in [1.165, 1.54) is 12.1 Å². The van der Waals surface area contributed by atoms with Gasteiger partial charge in [-0.05, 0) is 53.7 Å². The molecule has 1 heterocycles. The molecule has 94 valence electrons. The molecule has 3 nitrogen and oxygen atoms in total. The molecule has 0 aromatic carbocycles. The summed E-state index contributed by atoms with van der Waals surface area (Å²) in [7, 11) is 1.47. The van der Waals surface area contributed by atoms with Gasteiger partial charge in [-0.15, -0.1) is 11.3 Å². The van der Waals surface area contributed by atoms with Crippen molar-refractivity contribution in [3.05, 3.63) is 15.9 Å². The first kappa shape index (κ1) is 12.9. The van der Waals surface area contributed by atoms with Gasteiger partial charge in [0.1, 0.15) is 0 Å². The van der Waals surface area contributed by atoms with Crippen LogP contribution in [0.3, 0.4) is 0 Å². The summed E-state index contributed by atoms with van der Waals surface area (Å²) >= 11 is 5.16. The van der Waals surface area contributed by atoms with Crippen LogP contribution < -0.4 is 5.32 Å². The van der Waals surface area contributed by atoms with Crippen molar-refractivity contribution in [3.8, 4) is 0 Å². The average Bonchev–Trinajstić information content (AvgIpc) is 2.75. The predicted octanol–water partition coefficient (Wildman–Crippen LogP) is 3.65.